The van der Waals surface area contributed by atoms with Crippen LogP contribution in [0.5, 0.6) is 5.88 Å². The highest BCUT2D eigenvalue weighted by molar-refractivity contribution is 7.66. The Morgan fingerprint density at radius 3 is 2.25 bits per heavy atom. The highest BCUT2D eigenvalue weighted by atomic mass is 31.3. The molecule has 6 unspecified atom stereocenters. The lowest BCUT2D eigenvalue weighted by molar-refractivity contribution is -0.0503. The molecule has 3 aliphatic heterocycles. The third-order valence-corrected chi connectivity index (χ3v) is 12.1. The molecule has 294 valence electrons. The number of nitrogens with two attached hydrogens (primary N) is 2. The lowest BCUT2D eigenvalue weighted by Crippen LogP contribution is -2.44. The fourth-order valence-corrected chi connectivity index (χ4v) is 9.21. The number of imidazole rings is 1. The van der Waals surface area contributed by atoms with Crippen LogP contribution >= 0.6 is 23.5 Å². The van der Waals surface area contributed by atoms with Gasteiger partial charge in [-0.1, -0.05) is 0 Å². The molecular formula is C22H32N10O18P3-. The number of methoxy groups -OCH3 is 1. The molecule has 12 N–H and O–H groups in total. The molecule has 28 nitrogen and oxygen atoms in total. The maximum atomic E-state index is 12.6. The van der Waals surface area contributed by atoms with Crippen LogP contribution in [0.1, 0.15) is 6.23 Å². The molecule has 3 aliphatic rings. The first kappa shape index (κ1) is 39.3. The van der Waals surface area contributed by atoms with Gasteiger partial charge in [-0.15, -0.1) is 0 Å². The van der Waals surface area contributed by atoms with Crippen molar-refractivity contribution in [3.8, 4) is 5.88 Å². The zero-order chi connectivity index (χ0) is 38.8. The number of nitrogens with zero attached hydrogens (tertiary/aromatic N) is 7. The number of phosphoric acid groups is 3. The van der Waals surface area contributed by atoms with Gasteiger partial charge in [-0.05, 0) is 7.05 Å². The lowest BCUT2D eigenvalue weighted by atomic mass is 10.1. The monoisotopic (exact) mass is 817 g/mol. The van der Waals surface area contributed by atoms with Gasteiger partial charge in [0.1, 0.15) is 48.7 Å². The fraction of sp³-hybridized carbons (Fsp3) is 0.545. The van der Waals surface area contributed by atoms with Crippen LogP contribution in [0.4, 0.5) is 23.4 Å². The topological polar surface area (TPSA) is 407 Å². The molecule has 6 rings (SSSR count). The Balaban J connectivity index is 1.04. The molecule has 0 saturated carbocycles. The van der Waals surface area contributed by atoms with E-state index in [9.17, 15) is 53.6 Å². The summed E-state index contributed by atoms with van der Waals surface area (Å²) in [6.07, 6.45) is -11.0. The zero-order valence-corrected chi connectivity index (χ0v) is 29.6. The molecule has 6 heterocycles. The summed E-state index contributed by atoms with van der Waals surface area (Å²) in [6, 6.07) is 0. The van der Waals surface area contributed by atoms with Gasteiger partial charge in [0, 0.05) is 7.11 Å². The van der Waals surface area contributed by atoms with Gasteiger partial charge in [-0.25, -0.2) is 18.7 Å². The molecule has 0 bridgehead atoms. The van der Waals surface area contributed by atoms with Gasteiger partial charge < -0.3 is 70.6 Å². The number of hydrogen-bond acceptors (Lipinski definition) is 22. The predicted octanol–water partition coefficient (Wildman–Crippen LogP) is -3.21. The summed E-state index contributed by atoms with van der Waals surface area (Å²) in [5.74, 6) is -1.06. The van der Waals surface area contributed by atoms with E-state index in [1.54, 1.807) is 0 Å². The number of aromatic nitrogens is 6. The largest absolute Gasteiger partial charge is 0.490 e. The minimum absolute atomic E-state index is 0.0284. The summed E-state index contributed by atoms with van der Waals surface area (Å²) in [4.78, 5) is 62.7. The number of aliphatic hydroxyl groups excluding tert-OH is 3. The second kappa shape index (κ2) is 14.3. The predicted molar refractivity (Wildman–Crippen MR) is 171 cm³/mol. The second-order valence-electron chi connectivity index (χ2n) is 11.4. The van der Waals surface area contributed by atoms with Crippen LogP contribution in [0.25, 0.3) is 11.2 Å². The number of nitrogens with one attached hydrogen (secondary N) is 1. The number of anilines is 4. The van der Waals surface area contributed by atoms with E-state index >= 15 is 0 Å². The van der Waals surface area contributed by atoms with Crippen LogP contribution in [0, 0.1) is 6.67 Å². The molecule has 0 aromatic carbocycles. The number of aromatic hydroxyl groups is 1. The molecule has 53 heavy (non-hydrogen) atoms. The SMILES string of the molecule is COC1C(O)[C@H](N2[CH-]N(C)c3c(O)nc(N)[n-][c+]32)O[C@@H]1COP(=O)(O)OP(=O)(O)OP(=O)(O)OC[C@H]1O[C@@H](n2cnc3c(=O)[nH]c(N)nc32)C(O)[C@H]1O. The van der Waals surface area contributed by atoms with E-state index in [1.807, 2.05) is 0 Å². The molecule has 2 saturated heterocycles. The fourth-order valence-electron chi connectivity index (χ4n) is 5.69. The first-order valence-corrected chi connectivity index (χ1v) is 19.2. The number of rotatable bonds is 13. The summed E-state index contributed by atoms with van der Waals surface area (Å²) in [7, 11) is -14.6. The maximum absolute atomic E-state index is 12.6. The average Bonchev–Trinajstić information content (AvgIpc) is 3.76. The molecule has 11 atom stereocenters. The van der Waals surface area contributed by atoms with Gasteiger partial charge in [0.05, 0.1) is 19.5 Å². The van der Waals surface area contributed by atoms with Crippen molar-refractivity contribution in [2.45, 2.75) is 49.1 Å². The smallest absolute Gasteiger partial charge is 0.487 e. The second-order valence-corrected chi connectivity index (χ2v) is 16.1. The van der Waals surface area contributed by atoms with Gasteiger partial charge in [0.15, 0.2) is 29.0 Å². The van der Waals surface area contributed by atoms with E-state index in [1.165, 1.54) is 30.6 Å². The number of aliphatic hydroxyl groups is 3. The first-order valence-electron chi connectivity index (χ1n) is 14.7. The van der Waals surface area contributed by atoms with E-state index in [4.69, 9.17) is 30.2 Å². The quantitative estimate of drug-likeness (QED) is 0.0599. The van der Waals surface area contributed by atoms with Crippen LogP contribution in [0.15, 0.2) is 11.1 Å². The number of fused-ring (bicyclic) bond motifs is 2. The molecule has 3 aromatic heterocycles. The van der Waals surface area contributed by atoms with Gasteiger partial charge in [-0.2, -0.15) is 30.2 Å². The van der Waals surface area contributed by atoms with E-state index < -0.39 is 97.2 Å². The number of hydrogen-bond donors (Lipinski definition) is 10. The normalized spacial score (nSPS) is 30.7. The first-order chi connectivity index (χ1) is 24.7. The minimum atomic E-state index is -5.97. The highest BCUT2D eigenvalue weighted by Gasteiger charge is 2.50. The minimum Gasteiger partial charge on any atom is -0.487 e. The number of nitrogen functional groups attached to an aromatic ring is 2. The van der Waals surface area contributed by atoms with E-state index in [0.29, 0.717) is 0 Å². The van der Waals surface area contributed by atoms with E-state index in [0.717, 1.165) is 10.9 Å². The van der Waals surface area contributed by atoms with Crippen LogP contribution in [-0.2, 0) is 45.6 Å². The zero-order valence-electron chi connectivity index (χ0n) is 26.9. The Bertz CT molecular complexity index is 2070. The molecule has 0 radical (unpaired) electrons. The van der Waals surface area contributed by atoms with Crippen molar-refractivity contribution in [3.05, 3.63) is 23.3 Å². The molecule has 0 amide bonds. The van der Waals surface area contributed by atoms with Gasteiger partial charge in [0.2, 0.25) is 5.95 Å². The highest BCUT2D eigenvalue weighted by Crippen LogP contribution is 2.68. The molecule has 0 spiro atoms. The molecule has 3 aromatic rings. The van der Waals surface area contributed by atoms with Gasteiger partial charge >= 0.3 is 23.5 Å². The summed E-state index contributed by atoms with van der Waals surface area (Å²) in [6.45, 7) is -0.647. The molecule has 0 aliphatic carbocycles. The third kappa shape index (κ3) is 7.90. The summed E-state index contributed by atoms with van der Waals surface area (Å²) < 4.78 is 72.7. The van der Waals surface area contributed by atoms with E-state index in [-0.39, 0.29) is 34.6 Å². The Hall–Kier alpha value is -3.40. The molecule has 31 heteroatoms. The number of ether oxygens (including phenoxy) is 3. The van der Waals surface area contributed by atoms with Crippen molar-refractivity contribution in [2.75, 3.05) is 48.6 Å². The van der Waals surface area contributed by atoms with Gasteiger partial charge in [-0.3, -0.25) is 23.4 Å². The third-order valence-electron chi connectivity index (χ3n) is 7.89. The standard InChI is InChI=1S/C22H32N10O18P3/c1-30-6-32(16-10(30)18(37)29-22(24)27-16)20-13(35)14(44-2)8(48-20)4-46-52(40,41)50-53(42,43)49-51(38,39)45-3-7-11(33)12(34)19(47-7)31-5-25-9-15(31)26-21(23)28-17(9)36/h5-8,11-14,19-20,33-35H,3-4H2,1-2H3,(H9-,23,24,26,27,28,29,36,37,38,39,40,41,42,43)/q-1/t7-,8-,11+,12?,13?,14?,19-,20-/m1/s1. The van der Waals surface area contributed by atoms with Crippen LogP contribution in [0.3, 0.4) is 0 Å². The van der Waals surface area contributed by atoms with Crippen molar-refractivity contribution in [1.29, 1.82) is 0 Å². The Morgan fingerprint density at radius 2 is 1.60 bits per heavy atom. The van der Waals surface area contributed by atoms with Crippen LogP contribution in [-0.4, -0.2) is 130 Å². The maximum Gasteiger partial charge on any atom is 0.490 e. The van der Waals surface area contributed by atoms with Gasteiger partial charge in [0.25, 0.3) is 11.4 Å². The number of phosphoric ester groups is 2. The lowest BCUT2D eigenvalue weighted by Gasteiger charge is -2.37. The molecule has 2 fully saturated rings. The summed E-state index contributed by atoms with van der Waals surface area (Å²) >= 11 is 0. The Kier molecular flexibility index (Phi) is 10.6. The van der Waals surface area contributed by atoms with Crippen molar-refractivity contribution < 1.29 is 80.7 Å². The summed E-state index contributed by atoms with van der Waals surface area (Å²) in [5, 5.41) is 42.1. The molecular weight excluding hydrogens is 785 g/mol. The van der Waals surface area contributed by atoms with Crippen molar-refractivity contribution in [1.82, 2.24) is 29.5 Å². The van der Waals surface area contributed by atoms with Crippen molar-refractivity contribution >= 4 is 58.0 Å². The summed E-state index contributed by atoms with van der Waals surface area (Å²) in [5.41, 5.74) is 10.2. The van der Waals surface area contributed by atoms with Crippen molar-refractivity contribution in [2.24, 2.45) is 0 Å². The Labute approximate surface area is 295 Å². The average molecular weight is 817 g/mol. The van der Waals surface area contributed by atoms with Crippen LogP contribution in [0.2, 0.25) is 0 Å². The van der Waals surface area contributed by atoms with Crippen molar-refractivity contribution in [3.63, 3.8) is 0 Å². The number of aromatic amines is 1. The number of H-pyrrole nitrogens is 1. The Morgan fingerprint density at radius 1 is 0.981 bits per heavy atom. The van der Waals surface area contributed by atoms with E-state index in [2.05, 4.69) is 38.1 Å². The van der Waals surface area contributed by atoms with Crippen LogP contribution < -0.4 is 31.8 Å².